The molecule has 3 nitrogen and oxygen atoms in total. The lowest BCUT2D eigenvalue weighted by Crippen LogP contribution is -2.22. The van der Waals surface area contributed by atoms with Gasteiger partial charge in [-0.3, -0.25) is 0 Å². The fraction of sp³-hybridized carbons (Fsp3) is 0.250. The van der Waals surface area contributed by atoms with Crippen LogP contribution < -0.4 is 15.2 Å². The molecule has 3 heteroatoms. The van der Waals surface area contributed by atoms with E-state index in [1.54, 1.807) is 0 Å². The standard InChI is InChI=1S/C16H17NO2/c1-11-5-4-8-15(16(11)17)18-10-13-9-12-6-2-3-7-14(12)19-13/h2-8,13H,9-10,17H2,1H3. The van der Waals surface area contributed by atoms with Crippen molar-refractivity contribution >= 4 is 5.69 Å². The van der Waals surface area contributed by atoms with Gasteiger partial charge in [-0.15, -0.1) is 0 Å². The van der Waals surface area contributed by atoms with E-state index >= 15 is 0 Å². The summed E-state index contributed by atoms with van der Waals surface area (Å²) in [6.45, 7) is 2.49. The molecule has 1 atom stereocenters. The maximum Gasteiger partial charge on any atom is 0.142 e. The van der Waals surface area contributed by atoms with Crippen LogP contribution in [0.5, 0.6) is 11.5 Å². The van der Waals surface area contributed by atoms with Crippen LogP contribution in [-0.4, -0.2) is 12.7 Å². The van der Waals surface area contributed by atoms with Gasteiger partial charge in [0.2, 0.25) is 0 Å². The van der Waals surface area contributed by atoms with E-state index < -0.39 is 0 Å². The highest BCUT2D eigenvalue weighted by Gasteiger charge is 2.23. The first-order valence-corrected chi connectivity index (χ1v) is 6.46. The van der Waals surface area contributed by atoms with E-state index in [-0.39, 0.29) is 6.10 Å². The molecule has 2 N–H and O–H groups in total. The molecule has 0 bridgehead atoms. The van der Waals surface area contributed by atoms with Gasteiger partial charge in [0.05, 0.1) is 5.69 Å². The summed E-state index contributed by atoms with van der Waals surface area (Å²) < 4.78 is 11.6. The lowest BCUT2D eigenvalue weighted by atomic mass is 10.1. The van der Waals surface area contributed by atoms with Gasteiger partial charge in [0, 0.05) is 6.42 Å². The van der Waals surface area contributed by atoms with E-state index in [1.165, 1.54) is 5.56 Å². The normalized spacial score (nSPS) is 16.8. The van der Waals surface area contributed by atoms with Gasteiger partial charge in [-0.1, -0.05) is 30.3 Å². The minimum Gasteiger partial charge on any atom is -0.488 e. The third kappa shape index (κ3) is 2.36. The molecule has 1 heterocycles. The Labute approximate surface area is 113 Å². The van der Waals surface area contributed by atoms with E-state index in [9.17, 15) is 0 Å². The average Bonchev–Trinajstić information content (AvgIpc) is 2.83. The minimum absolute atomic E-state index is 0.0670. The van der Waals surface area contributed by atoms with Crippen molar-refractivity contribution in [3.8, 4) is 11.5 Å². The summed E-state index contributed by atoms with van der Waals surface area (Å²) in [5.74, 6) is 1.70. The van der Waals surface area contributed by atoms with Crippen LogP contribution in [-0.2, 0) is 6.42 Å². The highest BCUT2D eigenvalue weighted by molar-refractivity contribution is 5.57. The lowest BCUT2D eigenvalue weighted by Gasteiger charge is -2.14. The van der Waals surface area contributed by atoms with Crippen molar-refractivity contribution in [2.24, 2.45) is 0 Å². The third-order valence-corrected chi connectivity index (χ3v) is 3.42. The molecule has 0 aromatic heterocycles. The summed E-state index contributed by atoms with van der Waals surface area (Å²) >= 11 is 0. The molecule has 19 heavy (non-hydrogen) atoms. The van der Waals surface area contributed by atoms with Crippen molar-refractivity contribution in [1.29, 1.82) is 0 Å². The summed E-state index contributed by atoms with van der Waals surface area (Å²) in [5, 5.41) is 0. The highest BCUT2D eigenvalue weighted by atomic mass is 16.5. The van der Waals surface area contributed by atoms with Gasteiger partial charge < -0.3 is 15.2 Å². The zero-order valence-corrected chi connectivity index (χ0v) is 10.9. The first-order valence-electron chi connectivity index (χ1n) is 6.46. The monoisotopic (exact) mass is 255 g/mol. The van der Waals surface area contributed by atoms with E-state index in [4.69, 9.17) is 15.2 Å². The highest BCUT2D eigenvalue weighted by Crippen LogP contribution is 2.29. The Morgan fingerprint density at radius 1 is 1.21 bits per heavy atom. The molecule has 1 unspecified atom stereocenters. The largest absolute Gasteiger partial charge is 0.488 e. The number of anilines is 1. The Bertz CT molecular complexity index is 570. The molecule has 0 radical (unpaired) electrons. The second-order valence-electron chi connectivity index (χ2n) is 4.85. The van der Waals surface area contributed by atoms with Crippen LogP contribution in [0.4, 0.5) is 5.69 Å². The van der Waals surface area contributed by atoms with E-state index in [1.807, 2.05) is 43.3 Å². The Hall–Kier alpha value is -2.16. The van der Waals surface area contributed by atoms with Crippen LogP contribution in [0.3, 0.4) is 0 Å². The summed E-state index contributed by atoms with van der Waals surface area (Å²) in [4.78, 5) is 0. The number of rotatable bonds is 3. The Kier molecular flexibility index (Phi) is 3.03. The maximum absolute atomic E-state index is 5.99. The smallest absolute Gasteiger partial charge is 0.142 e. The van der Waals surface area contributed by atoms with Crippen LogP contribution in [0.25, 0.3) is 0 Å². The number of benzene rings is 2. The molecule has 98 valence electrons. The van der Waals surface area contributed by atoms with Gasteiger partial charge in [-0.2, -0.15) is 0 Å². The predicted molar refractivity (Wildman–Crippen MR) is 75.6 cm³/mol. The number of nitrogen functional groups attached to an aromatic ring is 1. The van der Waals surface area contributed by atoms with Gasteiger partial charge in [-0.05, 0) is 30.2 Å². The van der Waals surface area contributed by atoms with E-state index in [0.29, 0.717) is 12.3 Å². The Morgan fingerprint density at radius 3 is 2.89 bits per heavy atom. The number of aryl methyl sites for hydroxylation is 1. The second kappa shape index (κ2) is 4.84. The molecule has 0 spiro atoms. The summed E-state index contributed by atoms with van der Waals surface area (Å²) in [6, 6.07) is 13.9. The average molecular weight is 255 g/mol. The van der Waals surface area contributed by atoms with Crippen LogP contribution in [0.1, 0.15) is 11.1 Å². The predicted octanol–water partition coefficient (Wildman–Crippen LogP) is 2.96. The summed E-state index contributed by atoms with van der Waals surface area (Å²) in [5.41, 5.74) is 8.97. The molecule has 0 saturated heterocycles. The van der Waals surface area contributed by atoms with Crippen molar-refractivity contribution in [2.75, 3.05) is 12.3 Å². The molecule has 2 aromatic carbocycles. The van der Waals surface area contributed by atoms with Crippen LogP contribution in [0, 0.1) is 6.92 Å². The molecule has 2 aromatic rings. The zero-order valence-electron chi connectivity index (χ0n) is 10.9. The Morgan fingerprint density at radius 2 is 2.05 bits per heavy atom. The SMILES string of the molecule is Cc1cccc(OCC2Cc3ccccc3O2)c1N. The number of fused-ring (bicyclic) bond motifs is 1. The number of para-hydroxylation sites is 2. The minimum atomic E-state index is 0.0670. The van der Waals surface area contributed by atoms with Crippen molar-refractivity contribution in [3.05, 3.63) is 53.6 Å². The van der Waals surface area contributed by atoms with Gasteiger partial charge in [0.15, 0.2) is 0 Å². The molecular formula is C16H17NO2. The molecule has 1 aliphatic rings. The fourth-order valence-corrected chi connectivity index (χ4v) is 2.31. The number of ether oxygens (including phenoxy) is 2. The van der Waals surface area contributed by atoms with Crippen molar-refractivity contribution in [3.63, 3.8) is 0 Å². The fourth-order valence-electron chi connectivity index (χ4n) is 2.31. The molecule has 1 aliphatic heterocycles. The first kappa shape index (κ1) is 11.9. The van der Waals surface area contributed by atoms with Gasteiger partial charge in [0.1, 0.15) is 24.2 Å². The van der Waals surface area contributed by atoms with Gasteiger partial charge in [0.25, 0.3) is 0 Å². The van der Waals surface area contributed by atoms with Crippen molar-refractivity contribution < 1.29 is 9.47 Å². The molecular weight excluding hydrogens is 238 g/mol. The van der Waals surface area contributed by atoms with Crippen LogP contribution in [0.15, 0.2) is 42.5 Å². The summed E-state index contributed by atoms with van der Waals surface area (Å²) in [7, 11) is 0. The van der Waals surface area contributed by atoms with Crippen LogP contribution >= 0.6 is 0 Å². The topological polar surface area (TPSA) is 44.5 Å². The molecule has 0 fully saturated rings. The van der Waals surface area contributed by atoms with Crippen LogP contribution in [0.2, 0.25) is 0 Å². The first-order chi connectivity index (χ1) is 9.24. The van der Waals surface area contributed by atoms with Gasteiger partial charge in [-0.25, -0.2) is 0 Å². The number of hydrogen-bond acceptors (Lipinski definition) is 3. The van der Waals surface area contributed by atoms with Gasteiger partial charge >= 0.3 is 0 Å². The Balaban J connectivity index is 1.64. The quantitative estimate of drug-likeness (QED) is 0.858. The number of nitrogens with two attached hydrogens (primary N) is 1. The van der Waals surface area contributed by atoms with Crippen molar-refractivity contribution in [1.82, 2.24) is 0 Å². The number of hydrogen-bond donors (Lipinski definition) is 1. The maximum atomic E-state index is 5.99. The zero-order chi connectivity index (χ0) is 13.2. The van der Waals surface area contributed by atoms with E-state index in [0.717, 1.165) is 23.5 Å². The van der Waals surface area contributed by atoms with Crippen molar-refractivity contribution in [2.45, 2.75) is 19.4 Å². The molecule has 0 amide bonds. The third-order valence-electron chi connectivity index (χ3n) is 3.42. The summed E-state index contributed by atoms with van der Waals surface area (Å²) in [6.07, 6.45) is 0.958. The van der Waals surface area contributed by atoms with E-state index in [2.05, 4.69) is 6.07 Å². The second-order valence-corrected chi connectivity index (χ2v) is 4.85. The molecule has 0 aliphatic carbocycles. The molecule has 0 saturated carbocycles. The molecule has 3 rings (SSSR count). The lowest BCUT2D eigenvalue weighted by molar-refractivity contribution is 0.149.